The number of rotatable bonds is 5. The zero-order valence-electron chi connectivity index (χ0n) is 15.3. The third-order valence-corrected chi connectivity index (χ3v) is 5.09. The monoisotopic (exact) mass is 360 g/mol. The van der Waals surface area contributed by atoms with Crippen LogP contribution in [-0.4, -0.2) is 55.1 Å². The van der Waals surface area contributed by atoms with Gasteiger partial charge in [0.1, 0.15) is 5.69 Å². The van der Waals surface area contributed by atoms with E-state index in [0.29, 0.717) is 12.2 Å². The number of nitrogens with zero attached hydrogens (tertiary/aromatic N) is 3. The number of hydrogen-bond acceptors (Lipinski definition) is 4. The van der Waals surface area contributed by atoms with Crippen molar-refractivity contribution < 1.29 is 4.79 Å². The number of carbonyl (C=O) groups is 1. The number of pyridine rings is 1. The van der Waals surface area contributed by atoms with Gasteiger partial charge in [-0.3, -0.25) is 14.7 Å². The molecule has 4 rings (SSSR count). The maximum Gasteiger partial charge on any atom is 0.269 e. The topological polar surface area (TPSA) is 48.5 Å². The minimum atomic E-state index is -0.106. The number of benzene rings is 2. The molecule has 2 heterocycles. The Labute approximate surface area is 159 Å². The van der Waals surface area contributed by atoms with Gasteiger partial charge >= 0.3 is 0 Å². The fraction of sp³-hybridized carbons (Fsp3) is 0.273. The van der Waals surface area contributed by atoms with Crippen LogP contribution in [-0.2, 0) is 0 Å². The third-order valence-electron chi connectivity index (χ3n) is 5.09. The van der Waals surface area contributed by atoms with Gasteiger partial charge < -0.3 is 10.2 Å². The third kappa shape index (κ3) is 4.09. The molecule has 0 unspecified atom stereocenters. The van der Waals surface area contributed by atoms with Gasteiger partial charge in [0.2, 0.25) is 0 Å². The van der Waals surface area contributed by atoms with E-state index in [1.54, 1.807) is 12.3 Å². The van der Waals surface area contributed by atoms with Gasteiger partial charge in [-0.15, -0.1) is 0 Å². The van der Waals surface area contributed by atoms with Crippen LogP contribution in [0.4, 0.5) is 5.69 Å². The summed E-state index contributed by atoms with van der Waals surface area (Å²) in [6.07, 6.45) is 1.64. The van der Waals surface area contributed by atoms with Gasteiger partial charge in [-0.25, -0.2) is 0 Å². The van der Waals surface area contributed by atoms with Crippen LogP contribution in [0.1, 0.15) is 10.5 Å². The lowest BCUT2D eigenvalue weighted by molar-refractivity contribution is 0.0943. The maximum atomic E-state index is 12.0. The lowest BCUT2D eigenvalue weighted by atomic mass is 10.1. The Morgan fingerprint density at radius 2 is 1.70 bits per heavy atom. The second kappa shape index (κ2) is 8.18. The minimum absolute atomic E-state index is 0.106. The smallest absolute Gasteiger partial charge is 0.269 e. The molecule has 1 fully saturated rings. The normalized spacial score (nSPS) is 15.0. The van der Waals surface area contributed by atoms with Crippen molar-refractivity contribution in [2.75, 3.05) is 44.2 Å². The van der Waals surface area contributed by atoms with Gasteiger partial charge in [-0.05, 0) is 23.6 Å². The molecule has 0 saturated carbocycles. The highest BCUT2D eigenvalue weighted by atomic mass is 16.1. The first-order chi connectivity index (χ1) is 13.3. The van der Waals surface area contributed by atoms with Gasteiger partial charge in [0.15, 0.2) is 0 Å². The first-order valence-corrected chi connectivity index (χ1v) is 9.45. The summed E-state index contributed by atoms with van der Waals surface area (Å²) in [6, 6.07) is 20.4. The maximum absolute atomic E-state index is 12.0. The number of hydrogen-bond donors (Lipinski definition) is 1. The molecular formula is C22H24N4O. The Morgan fingerprint density at radius 1 is 0.926 bits per heavy atom. The van der Waals surface area contributed by atoms with E-state index in [4.69, 9.17) is 0 Å². The molecule has 1 aliphatic heterocycles. The Balaban J connectivity index is 1.28. The van der Waals surface area contributed by atoms with E-state index in [1.165, 1.54) is 16.5 Å². The molecule has 1 saturated heterocycles. The highest BCUT2D eigenvalue weighted by Crippen LogP contribution is 2.27. The van der Waals surface area contributed by atoms with Gasteiger partial charge in [-0.1, -0.05) is 42.5 Å². The van der Waals surface area contributed by atoms with E-state index in [0.717, 1.165) is 32.7 Å². The molecule has 0 atom stereocenters. The minimum Gasteiger partial charge on any atom is -0.368 e. The summed E-state index contributed by atoms with van der Waals surface area (Å²) in [5.74, 6) is -0.106. The van der Waals surface area contributed by atoms with Crippen molar-refractivity contribution in [3.8, 4) is 0 Å². The van der Waals surface area contributed by atoms with Crippen LogP contribution in [0.5, 0.6) is 0 Å². The molecular weight excluding hydrogens is 336 g/mol. The molecule has 0 radical (unpaired) electrons. The second-order valence-electron chi connectivity index (χ2n) is 6.80. The zero-order chi connectivity index (χ0) is 18.5. The Bertz CT molecular complexity index is 899. The SMILES string of the molecule is O=C(NCCN1CCN(c2cccc3ccccc23)CC1)c1ccccn1. The molecule has 5 nitrogen and oxygen atoms in total. The molecule has 1 N–H and O–H groups in total. The number of piperazine rings is 1. The Hall–Kier alpha value is -2.92. The predicted molar refractivity (Wildman–Crippen MR) is 109 cm³/mol. The van der Waals surface area contributed by atoms with Crippen LogP contribution in [0.15, 0.2) is 66.9 Å². The van der Waals surface area contributed by atoms with Crippen LogP contribution >= 0.6 is 0 Å². The van der Waals surface area contributed by atoms with Gasteiger partial charge in [0, 0.05) is 56.5 Å². The number of amides is 1. The Morgan fingerprint density at radius 3 is 2.52 bits per heavy atom. The lowest BCUT2D eigenvalue weighted by Crippen LogP contribution is -2.48. The van der Waals surface area contributed by atoms with E-state index >= 15 is 0 Å². The van der Waals surface area contributed by atoms with Crippen molar-refractivity contribution in [1.82, 2.24) is 15.2 Å². The van der Waals surface area contributed by atoms with Crippen molar-refractivity contribution in [2.24, 2.45) is 0 Å². The van der Waals surface area contributed by atoms with Crippen molar-refractivity contribution >= 4 is 22.4 Å². The Kier molecular flexibility index (Phi) is 5.30. The molecule has 1 aliphatic rings. The van der Waals surface area contributed by atoms with Crippen molar-refractivity contribution in [1.29, 1.82) is 0 Å². The summed E-state index contributed by atoms with van der Waals surface area (Å²) in [7, 11) is 0. The summed E-state index contributed by atoms with van der Waals surface area (Å²) >= 11 is 0. The fourth-order valence-corrected chi connectivity index (χ4v) is 3.61. The largest absolute Gasteiger partial charge is 0.368 e. The van der Waals surface area contributed by atoms with E-state index < -0.39 is 0 Å². The quantitative estimate of drug-likeness (QED) is 0.760. The predicted octanol–water partition coefficient (Wildman–Crippen LogP) is 2.79. The first kappa shape index (κ1) is 17.5. The fourth-order valence-electron chi connectivity index (χ4n) is 3.61. The molecule has 0 bridgehead atoms. The van der Waals surface area contributed by atoms with Gasteiger partial charge in [0.05, 0.1) is 0 Å². The number of aromatic nitrogens is 1. The summed E-state index contributed by atoms with van der Waals surface area (Å²) in [5.41, 5.74) is 1.79. The van der Waals surface area contributed by atoms with Gasteiger partial charge in [-0.2, -0.15) is 0 Å². The standard InChI is InChI=1S/C22H24N4O/c27-22(20-9-3-4-11-23-20)24-12-13-25-14-16-26(17-15-25)21-10-5-7-18-6-1-2-8-19(18)21/h1-11H,12-17H2,(H,24,27). The number of fused-ring (bicyclic) bond motifs is 1. The summed E-state index contributed by atoms with van der Waals surface area (Å²) in [4.78, 5) is 21.0. The molecule has 3 aromatic rings. The molecule has 5 heteroatoms. The van der Waals surface area contributed by atoms with Crippen molar-refractivity contribution in [3.63, 3.8) is 0 Å². The van der Waals surface area contributed by atoms with Crippen LogP contribution in [0.3, 0.4) is 0 Å². The average molecular weight is 360 g/mol. The molecule has 138 valence electrons. The van der Waals surface area contributed by atoms with E-state index in [1.807, 2.05) is 12.1 Å². The molecule has 0 aliphatic carbocycles. The molecule has 27 heavy (non-hydrogen) atoms. The van der Waals surface area contributed by atoms with Crippen molar-refractivity contribution in [2.45, 2.75) is 0 Å². The van der Waals surface area contributed by atoms with E-state index in [-0.39, 0.29) is 5.91 Å². The summed E-state index contributed by atoms with van der Waals surface area (Å²) < 4.78 is 0. The molecule has 1 amide bonds. The molecule has 2 aromatic carbocycles. The van der Waals surface area contributed by atoms with Crippen LogP contribution in [0.25, 0.3) is 10.8 Å². The lowest BCUT2D eigenvalue weighted by Gasteiger charge is -2.36. The zero-order valence-corrected chi connectivity index (χ0v) is 15.3. The number of anilines is 1. The van der Waals surface area contributed by atoms with Crippen molar-refractivity contribution in [3.05, 3.63) is 72.6 Å². The van der Waals surface area contributed by atoms with E-state index in [9.17, 15) is 4.79 Å². The highest BCUT2D eigenvalue weighted by Gasteiger charge is 2.18. The number of nitrogens with one attached hydrogen (secondary N) is 1. The van der Waals surface area contributed by atoms with Gasteiger partial charge in [0.25, 0.3) is 5.91 Å². The van der Waals surface area contributed by atoms with E-state index in [2.05, 4.69) is 62.6 Å². The van der Waals surface area contributed by atoms with Crippen LogP contribution in [0, 0.1) is 0 Å². The van der Waals surface area contributed by atoms with Crippen LogP contribution < -0.4 is 10.2 Å². The first-order valence-electron chi connectivity index (χ1n) is 9.45. The second-order valence-corrected chi connectivity index (χ2v) is 6.80. The summed E-state index contributed by atoms with van der Waals surface area (Å²) in [5, 5.41) is 5.56. The van der Waals surface area contributed by atoms with Crippen LogP contribution in [0.2, 0.25) is 0 Å². The number of carbonyl (C=O) groups excluding carboxylic acids is 1. The summed E-state index contributed by atoms with van der Waals surface area (Å²) in [6.45, 7) is 5.52. The molecule has 0 spiro atoms. The molecule has 1 aromatic heterocycles. The highest BCUT2D eigenvalue weighted by molar-refractivity contribution is 5.94. The average Bonchev–Trinajstić information content (AvgIpc) is 2.74.